The van der Waals surface area contributed by atoms with Gasteiger partial charge < -0.3 is 20.1 Å². The average Bonchev–Trinajstić information content (AvgIpc) is 2.93. The van der Waals surface area contributed by atoms with Gasteiger partial charge in [0.1, 0.15) is 5.60 Å². The highest BCUT2D eigenvalue weighted by atomic mass is 35.5. The number of halogens is 1. The topological polar surface area (TPSA) is 95.9 Å². The molecule has 0 radical (unpaired) electrons. The minimum Gasteiger partial charge on any atom is -0.481 e. The number of benzene rings is 1. The standard InChI is InChI=1S/C17H21ClN2O5/c1-17(2,3)25-16(24)20-8-12(13(9-20)15(22)23)14(21)19-11-6-4-10(18)5-7-11/h4-7,12-13H,8-9H2,1-3H3,(H,19,21)(H,22,23)/t12-,13-/m1/s1. The molecule has 0 bridgehead atoms. The maximum absolute atomic E-state index is 12.5. The van der Waals surface area contributed by atoms with Crippen molar-refractivity contribution in [1.82, 2.24) is 4.90 Å². The van der Waals surface area contributed by atoms with Crippen LogP contribution in [-0.2, 0) is 14.3 Å². The Morgan fingerprint density at radius 1 is 1.16 bits per heavy atom. The van der Waals surface area contributed by atoms with Gasteiger partial charge in [-0.1, -0.05) is 11.6 Å². The van der Waals surface area contributed by atoms with Crippen LogP contribution >= 0.6 is 11.6 Å². The number of hydrogen-bond acceptors (Lipinski definition) is 4. The van der Waals surface area contributed by atoms with E-state index in [9.17, 15) is 19.5 Å². The molecule has 0 aromatic heterocycles. The lowest BCUT2D eigenvalue weighted by Crippen LogP contribution is -2.36. The fraction of sp³-hybridized carbons (Fsp3) is 0.471. The Kier molecular flexibility index (Phi) is 5.57. The molecule has 0 saturated carbocycles. The number of carboxylic acids is 1. The molecule has 7 nitrogen and oxygen atoms in total. The third kappa shape index (κ3) is 5.09. The van der Waals surface area contributed by atoms with Gasteiger partial charge in [0.15, 0.2) is 0 Å². The Morgan fingerprint density at radius 2 is 1.72 bits per heavy atom. The van der Waals surface area contributed by atoms with Crippen LogP contribution in [0.3, 0.4) is 0 Å². The largest absolute Gasteiger partial charge is 0.481 e. The molecule has 1 fully saturated rings. The molecule has 2 atom stereocenters. The summed E-state index contributed by atoms with van der Waals surface area (Å²) >= 11 is 5.80. The van der Waals surface area contributed by atoms with Crippen LogP contribution < -0.4 is 5.32 Å². The van der Waals surface area contributed by atoms with Gasteiger partial charge in [-0.05, 0) is 45.0 Å². The third-order valence-electron chi connectivity index (χ3n) is 3.74. The summed E-state index contributed by atoms with van der Waals surface area (Å²) in [4.78, 5) is 37.4. The number of nitrogens with one attached hydrogen (secondary N) is 1. The van der Waals surface area contributed by atoms with E-state index in [-0.39, 0.29) is 13.1 Å². The zero-order valence-corrected chi connectivity index (χ0v) is 15.0. The molecule has 0 aliphatic carbocycles. The highest BCUT2D eigenvalue weighted by molar-refractivity contribution is 6.30. The molecule has 1 aromatic carbocycles. The van der Waals surface area contributed by atoms with Crippen LogP contribution in [0.4, 0.5) is 10.5 Å². The molecule has 136 valence electrons. The Hall–Kier alpha value is -2.28. The summed E-state index contributed by atoms with van der Waals surface area (Å²) in [5, 5.41) is 12.6. The van der Waals surface area contributed by atoms with Crippen LogP contribution in [0.25, 0.3) is 0 Å². The lowest BCUT2D eigenvalue weighted by atomic mass is 9.95. The number of aliphatic carboxylic acids is 1. The lowest BCUT2D eigenvalue weighted by Gasteiger charge is -2.24. The molecular weight excluding hydrogens is 348 g/mol. The van der Waals surface area contributed by atoms with Gasteiger partial charge in [0, 0.05) is 23.8 Å². The van der Waals surface area contributed by atoms with Crippen molar-refractivity contribution in [3.05, 3.63) is 29.3 Å². The summed E-state index contributed by atoms with van der Waals surface area (Å²) < 4.78 is 5.26. The van der Waals surface area contributed by atoms with Crippen LogP contribution in [0, 0.1) is 11.8 Å². The number of rotatable bonds is 3. The first-order valence-electron chi connectivity index (χ1n) is 7.84. The van der Waals surface area contributed by atoms with Crippen molar-refractivity contribution in [2.75, 3.05) is 18.4 Å². The van der Waals surface area contributed by atoms with Gasteiger partial charge in [0.2, 0.25) is 5.91 Å². The van der Waals surface area contributed by atoms with E-state index in [1.165, 1.54) is 4.90 Å². The normalized spacial score (nSPS) is 20.2. The second-order valence-corrected chi connectivity index (χ2v) is 7.37. The van der Waals surface area contributed by atoms with Gasteiger partial charge in [0.25, 0.3) is 0 Å². The first kappa shape index (κ1) is 19.1. The van der Waals surface area contributed by atoms with E-state index in [4.69, 9.17) is 16.3 Å². The maximum atomic E-state index is 12.5. The molecule has 1 aromatic rings. The zero-order chi connectivity index (χ0) is 18.8. The van der Waals surface area contributed by atoms with E-state index >= 15 is 0 Å². The van der Waals surface area contributed by atoms with E-state index in [1.807, 2.05) is 0 Å². The predicted molar refractivity (Wildman–Crippen MR) is 92.5 cm³/mol. The third-order valence-corrected chi connectivity index (χ3v) is 3.99. The lowest BCUT2D eigenvalue weighted by molar-refractivity contribution is -0.144. The van der Waals surface area contributed by atoms with Gasteiger partial charge in [-0.2, -0.15) is 0 Å². The smallest absolute Gasteiger partial charge is 0.410 e. The summed E-state index contributed by atoms with van der Waals surface area (Å²) in [6.45, 7) is 5.09. The Labute approximate surface area is 150 Å². The van der Waals surface area contributed by atoms with E-state index < -0.39 is 35.4 Å². The van der Waals surface area contributed by atoms with E-state index in [2.05, 4.69) is 5.32 Å². The SMILES string of the molecule is CC(C)(C)OC(=O)N1C[C@@H](C(=O)O)[C@H](C(=O)Nc2ccc(Cl)cc2)C1. The zero-order valence-electron chi connectivity index (χ0n) is 14.3. The van der Waals surface area contributed by atoms with Crippen LogP contribution in [0.1, 0.15) is 20.8 Å². The summed E-state index contributed by atoms with van der Waals surface area (Å²) in [7, 11) is 0. The number of nitrogens with zero attached hydrogens (tertiary/aromatic N) is 1. The number of likely N-dealkylation sites (tertiary alicyclic amines) is 1. The predicted octanol–water partition coefficient (Wildman–Crippen LogP) is 2.85. The molecule has 1 saturated heterocycles. The van der Waals surface area contributed by atoms with E-state index in [1.54, 1.807) is 45.0 Å². The van der Waals surface area contributed by atoms with E-state index in [0.29, 0.717) is 10.7 Å². The Morgan fingerprint density at radius 3 is 2.24 bits per heavy atom. The highest BCUT2D eigenvalue weighted by Crippen LogP contribution is 2.27. The molecule has 2 rings (SSSR count). The molecule has 25 heavy (non-hydrogen) atoms. The average molecular weight is 369 g/mol. The van der Waals surface area contributed by atoms with Crippen molar-refractivity contribution >= 4 is 35.3 Å². The number of carbonyl (C=O) groups excluding carboxylic acids is 2. The van der Waals surface area contributed by atoms with Crippen LogP contribution in [0.2, 0.25) is 5.02 Å². The summed E-state index contributed by atoms with van der Waals surface area (Å²) in [5.74, 6) is -3.43. The number of amides is 2. The summed E-state index contributed by atoms with van der Waals surface area (Å²) in [6.07, 6.45) is -0.624. The minimum absolute atomic E-state index is 0.00863. The number of anilines is 1. The number of ether oxygens (including phenoxy) is 1. The maximum Gasteiger partial charge on any atom is 0.410 e. The van der Waals surface area contributed by atoms with Crippen LogP contribution in [0.15, 0.2) is 24.3 Å². The van der Waals surface area contributed by atoms with Crippen molar-refractivity contribution < 1.29 is 24.2 Å². The molecule has 1 aliphatic heterocycles. The summed E-state index contributed by atoms with van der Waals surface area (Å²) in [5.41, 5.74) is -0.186. The van der Waals surface area contributed by atoms with Gasteiger partial charge in [-0.25, -0.2) is 4.79 Å². The van der Waals surface area contributed by atoms with Crippen LogP contribution in [0.5, 0.6) is 0 Å². The number of carboxylic acid groups (broad SMARTS) is 1. The molecule has 1 heterocycles. The molecule has 2 N–H and O–H groups in total. The minimum atomic E-state index is -1.12. The molecule has 0 spiro atoms. The molecular formula is C17H21ClN2O5. The van der Waals surface area contributed by atoms with Crippen molar-refractivity contribution in [2.45, 2.75) is 26.4 Å². The first-order valence-corrected chi connectivity index (χ1v) is 8.22. The summed E-state index contributed by atoms with van der Waals surface area (Å²) in [6, 6.07) is 6.48. The molecule has 0 unspecified atom stereocenters. The van der Waals surface area contributed by atoms with Crippen molar-refractivity contribution in [1.29, 1.82) is 0 Å². The van der Waals surface area contributed by atoms with Crippen LogP contribution in [-0.4, -0.2) is 46.7 Å². The monoisotopic (exact) mass is 368 g/mol. The first-order chi connectivity index (χ1) is 11.6. The van der Waals surface area contributed by atoms with Crippen molar-refractivity contribution in [3.8, 4) is 0 Å². The molecule has 2 amide bonds. The van der Waals surface area contributed by atoms with Gasteiger partial charge >= 0.3 is 12.1 Å². The van der Waals surface area contributed by atoms with Crippen molar-refractivity contribution in [2.24, 2.45) is 11.8 Å². The number of carbonyl (C=O) groups is 3. The molecule has 8 heteroatoms. The quantitative estimate of drug-likeness (QED) is 0.855. The van der Waals surface area contributed by atoms with Gasteiger partial charge in [0.05, 0.1) is 11.8 Å². The second-order valence-electron chi connectivity index (χ2n) is 6.93. The fourth-order valence-corrected chi connectivity index (χ4v) is 2.69. The number of hydrogen-bond donors (Lipinski definition) is 2. The van der Waals surface area contributed by atoms with Gasteiger partial charge in [-0.3, -0.25) is 9.59 Å². The Balaban J connectivity index is 2.09. The Bertz CT molecular complexity index is 669. The van der Waals surface area contributed by atoms with Gasteiger partial charge in [-0.15, -0.1) is 0 Å². The van der Waals surface area contributed by atoms with Crippen molar-refractivity contribution in [3.63, 3.8) is 0 Å². The molecule has 1 aliphatic rings. The fourth-order valence-electron chi connectivity index (χ4n) is 2.56. The highest BCUT2D eigenvalue weighted by Gasteiger charge is 2.44. The van der Waals surface area contributed by atoms with E-state index in [0.717, 1.165) is 0 Å². The second kappa shape index (κ2) is 7.31.